The summed E-state index contributed by atoms with van der Waals surface area (Å²) in [4.78, 5) is 2.42. The number of benzene rings is 1. The Morgan fingerprint density at radius 1 is 1.44 bits per heavy atom. The summed E-state index contributed by atoms with van der Waals surface area (Å²) < 4.78 is 13.0. The molecule has 0 radical (unpaired) electrons. The molecule has 1 aromatic rings. The van der Waals surface area contributed by atoms with Crippen molar-refractivity contribution in [3.05, 3.63) is 35.1 Å². The topological polar surface area (TPSA) is 23.5 Å². The lowest BCUT2D eigenvalue weighted by Crippen LogP contribution is -2.35. The normalized spacial score (nSPS) is 21.2. The molecule has 18 heavy (non-hydrogen) atoms. The Labute approximate surface area is 108 Å². The van der Waals surface area contributed by atoms with Gasteiger partial charge in [-0.15, -0.1) is 0 Å². The standard InChI is InChI=1S/C15H22FNO/c1-12-9-15(16)5-4-14(12)11-17-7-2-3-13(10-17)6-8-18/h4-5,9,13,18H,2-3,6-8,10-11H2,1H3. The van der Waals surface area contributed by atoms with Gasteiger partial charge in [0.15, 0.2) is 0 Å². The number of piperidine rings is 1. The number of aryl methyl sites for hydroxylation is 1. The number of aliphatic hydroxyl groups excluding tert-OH is 1. The Bertz CT molecular complexity index is 392. The van der Waals surface area contributed by atoms with Crippen LogP contribution < -0.4 is 0 Å². The summed E-state index contributed by atoms with van der Waals surface area (Å²) in [6.45, 7) is 5.31. The Morgan fingerprint density at radius 3 is 3.00 bits per heavy atom. The maximum Gasteiger partial charge on any atom is 0.123 e. The lowest BCUT2D eigenvalue weighted by atomic mass is 9.94. The van der Waals surface area contributed by atoms with Crippen LogP contribution in [0.15, 0.2) is 18.2 Å². The fourth-order valence-electron chi connectivity index (χ4n) is 2.79. The van der Waals surface area contributed by atoms with E-state index in [1.807, 2.05) is 13.0 Å². The van der Waals surface area contributed by atoms with Crippen molar-refractivity contribution < 1.29 is 9.50 Å². The minimum Gasteiger partial charge on any atom is -0.396 e. The molecule has 2 nitrogen and oxygen atoms in total. The number of hydrogen-bond acceptors (Lipinski definition) is 2. The van der Waals surface area contributed by atoms with E-state index in [4.69, 9.17) is 5.11 Å². The molecule has 1 heterocycles. The molecule has 0 aliphatic carbocycles. The zero-order valence-corrected chi connectivity index (χ0v) is 11.0. The molecule has 2 rings (SSSR count). The number of aliphatic hydroxyl groups is 1. The van der Waals surface area contributed by atoms with E-state index in [0.717, 1.165) is 31.6 Å². The van der Waals surface area contributed by atoms with Crippen LogP contribution in [0.5, 0.6) is 0 Å². The van der Waals surface area contributed by atoms with Gasteiger partial charge in [-0.2, -0.15) is 0 Å². The summed E-state index contributed by atoms with van der Waals surface area (Å²) >= 11 is 0. The van der Waals surface area contributed by atoms with Gasteiger partial charge in [0.25, 0.3) is 0 Å². The molecule has 1 aliphatic rings. The highest BCUT2D eigenvalue weighted by atomic mass is 19.1. The van der Waals surface area contributed by atoms with Crippen molar-refractivity contribution in [3.8, 4) is 0 Å². The first-order chi connectivity index (χ1) is 8.69. The van der Waals surface area contributed by atoms with Gasteiger partial charge >= 0.3 is 0 Å². The summed E-state index contributed by atoms with van der Waals surface area (Å²) in [5.74, 6) is 0.456. The van der Waals surface area contributed by atoms with Crippen molar-refractivity contribution in [2.45, 2.75) is 32.7 Å². The number of nitrogens with zero attached hydrogens (tertiary/aromatic N) is 1. The largest absolute Gasteiger partial charge is 0.396 e. The van der Waals surface area contributed by atoms with Gasteiger partial charge in [-0.1, -0.05) is 6.07 Å². The van der Waals surface area contributed by atoms with E-state index in [1.165, 1.54) is 24.5 Å². The van der Waals surface area contributed by atoms with Crippen LogP contribution in [-0.2, 0) is 6.54 Å². The number of rotatable bonds is 4. The molecule has 1 atom stereocenters. The second-order valence-corrected chi connectivity index (χ2v) is 5.33. The van der Waals surface area contributed by atoms with Crippen molar-refractivity contribution in [1.29, 1.82) is 0 Å². The van der Waals surface area contributed by atoms with Crippen molar-refractivity contribution in [2.24, 2.45) is 5.92 Å². The maximum absolute atomic E-state index is 13.0. The Kier molecular flexibility index (Phi) is 4.72. The molecule has 0 bridgehead atoms. The summed E-state index contributed by atoms with van der Waals surface area (Å²) in [6.07, 6.45) is 3.32. The van der Waals surface area contributed by atoms with E-state index in [1.54, 1.807) is 6.07 Å². The Balaban J connectivity index is 1.96. The van der Waals surface area contributed by atoms with Crippen molar-refractivity contribution in [3.63, 3.8) is 0 Å². The predicted molar refractivity (Wildman–Crippen MR) is 70.8 cm³/mol. The van der Waals surface area contributed by atoms with Gasteiger partial charge in [0.05, 0.1) is 0 Å². The Hall–Kier alpha value is -0.930. The zero-order valence-electron chi connectivity index (χ0n) is 11.0. The van der Waals surface area contributed by atoms with Crippen LogP contribution in [0, 0.1) is 18.7 Å². The van der Waals surface area contributed by atoms with Crippen molar-refractivity contribution in [2.75, 3.05) is 19.7 Å². The lowest BCUT2D eigenvalue weighted by Gasteiger charge is -2.32. The van der Waals surface area contributed by atoms with Gasteiger partial charge in [-0.25, -0.2) is 4.39 Å². The third-order valence-corrected chi connectivity index (χ3v) is 3.84. The van der Waals surface area contributed by atoms with Crippen LogP contribution in [0.2, 0.25) is 0 Å². The quantitative estimate of drug-likeness (QED) is 0.889. The second-order valence-electron chi connectivity index (χ2n) is 5.33. The smallest absolute Gasteiger partial charge is 0.123 e. The highest BCUT2D eigenvalue weighted by molar-refractivity contribution is 5.26. The van der Waals surface area contributed by atoms with E-state index >= 15 is 0 Å². The molecule has 0 amide bonds. The minimum atomic E-state index is -0.159. The van der Waals surface area contributed by atoms with E-state index in [-0.39, 0.29) is 12.4 Å². The molecule has 1 fully saturated rings. The average Bonchev–Trinajstić information content (AvgIpc) is 2.34. The van der Waals surface area contributed by atoms with Gasteiger partial charge in [0.1, 0.15) is 5.82 Å². The monoisotopic (exact) mass is 251 g/mol. The molecule has 0 aromatic heterocycles. The molecule has 3 heteroatoms. The SMILES string of the molecule is Cc1cc(F)ccc1CN1CCCC(CCO)C1. The highest BCUT2D eigenvalue weighted by Gasteiger charge is 2.19. The van der Waals surface area contributed by atoms with Crippen LogP contribution in [-0.4, -0.2) is 29.7 Å². The highest BCUT2D eigenvalue weighted by Crippen LogP contribution is 2.22. The lowest BCUT2D eigenvalue weighted by molar-refractivity contribution is 0.142. The number of hydrogen-bond donors (Lipinski definition) is 1. The molecule has 100 valence electrons. The van der Waals surface area contributed by atoms with Gasteiger partial charge in [0, 0.05) is 19.7 Å². The molecule has 1 saturated heterocycles. The third kappa shape index (κ3) is 3.53. The molecule has 1 unspecified atom stereocenters. The number of halogens is 1. The molecule has 0 saturated carbocycles. The Morgan fingerprint density at radius 2 is 2.28 bits per heavy atom. The van der Waals surface area contributed by atoms with Crippen molar-refractivity contribution >= 4 is 0 Å². The van der Waals surface area contributed by atoms with E-state index in [0.29, 0.717) is 5.92 Å². The van der Waals surface area contributed by atoms with Crippen molar-refractivity contribution in [1.82, 2.24) is 4.90 Å². The molecule has 1 aliphatic heterocycles. The predicted octanol–water partition coefficient (Wildman–Crippen LogP) is 2.73. The van der Waals surface area contributed by atoms with Crippen LogP contribution in [0.4, 0.5) is 4.39 Å². The first-order valence-electron chi connectivity index (χ1n) is 6.77. The number of likely N-dealkylation sites (tertiary alicyclic amines) is 1. The molecular formula is C15H22FNO. The van der Waals surface area contributed by atoms with Crippen LogP contribution in [0.1, 0.15) is 30.4 Å². The summed E-state index contributed by atoms with van der Waals surface area (Å²) in [5.41, 5.74) is 2.24. The molecule has 1 N–H and O–H groups in total. The van der Waals surface area contributed by atoms with Crippen LogP contribution >= 0.6 is 0 Å². The van der Waals surface area contributed by atoms with Crippen LogP contribution in [0.25, 0.3) is 0 Å². The van der Waals surface area contributed by atoms with Gasteiger partial charge < -0.3 is 5.11 Å². The molecule has 1 aromatic carbocycles. The summed E-state index contributed by atoms with van der Waals surface area (Å²) in [6, 6.07) is 5.03. The van der Waals surface area contributed by atoms with E-state index < -0.39 is 0 Å². The summed E-state index contributed by atoms with van der Waals surface area (Å²) in [7, 11) is 0. The van der Waals surface area contributed by atoms with E-state index in [9.17, 15) is 4.39 Å². The fraction of sp³-hybridized carbons (Fsp3) is 0.600. The first kappa shape index (κ1) is 13.5. The molecule has 0 spiro atoms. The molecular weight excluding hydrogens is 229 g/mol. The average molecular weight is 251 g/mol. The first-order valence-corrected chi connectivity index (χ1v) is 6.77. The maximum atomic E-state index is 13.0. The van der Waals surface area contributed by atoms with E-state index in [2.05, 4.69) is 4.90 Å². The minimum absolute atomic E-state index is 0.159. The van der Waals surface area contributed by atoms with Gasteiger partial charge in [-0.05, 0) is 61.9 Å². The van der Waals surface area contributed by atoms with Gasteiger partial charge in [0.2, 0.25) is 0 Å². The summed E-state index contributed by atoms with van der Waals surface area (Å²) in [5, 5.41) is 9.01. The van der Waals surface area contributed by atoms with Gasteiger partial charge in [-0.3, -0.25) is 4.90 Å². The van der Waals surface area contributed by atoms with Crippen LogP contribution in [0.3, 0.4) is 0 Å². The zero-order chi connectivity index (χ0) is 13.0. The third-order valence-electron chi connectivity index (χ3n) is 3.84. The second kappa shape index (κ2) is 6.30. The fourth-order valence-corrected chi connectivity index (χ4v) is 2.79.